The normalized spacial score (nSPS) is 11.9. The SMILES string of the molecule is CCC(C(=O)Nc1ccc(C)nc1C)C(N)=S. The van der Waals surface area contributed by atoms with Crippen molar-refractivity contribution in [3.8, 4) is 0 Å². The van der Waals surface area contributed by atoms with Crippen LogP contribution >= 0.6 is 12.2 Å². The van der Waals surface area contributed by atoms with Crippen molar-refractivity contribution in [2.75, 3.05) is 5.32 Å². The molecule has 1 rings (SSSR count). The molecule has 1 unspecified atom stereocenters. The fourth-order valence-electron chi connectivity index (χ4n) is 1.55. The van der Waals surface area contributed by atoms with Crippen LogP contribution in [0.4, 0.5) is 5.69 Å². The van der Waals surface area contributed by atoms with Crippen LogP contribution in [0.1, 0.15) is 24.7 Å². The Bertz CT molecular complexity index is 445. The van der Waals surface area contributed by atoms with E-state index in [2.05, 4.69) is 10.3 Å². The van der Waals surface area contributed by atoms with E-state index in [0.29, 0.717) is 12.1 Å². The summed E-state index contributed by atoms with van der Waals surface area (Å²) in [5, 5.41) is 2.80. The van der Waals surface area contributed by atoms with Crippen molar-refractivity contribution in [3.05, 3.63) is 23.5 Å². The van der Waals surface area contributed by atoms with Crippen LogP contribution in [0.25, 0.3) is 0 Å². The molecule has 1 aromatic heterocycles. The molecule has 0 radical (unpaired) electrons. The highest BCUT2D eigenvalue weighted by Crippen LogP contribution is 2.15. The second-order valence-electron chi connectivity index (χ2n) is 3.94. The molecule has 1 amide bonds. The van der Waals surface area contributed by atoms with E-state index in [9.17, 15) is 4.79 Å². The summed E-state index contributed by atoms with van der Waals surface area (Å²) in [5.74, 6) is -0.598. The molecule has 1 atom stereocenters. The number of rotatable bonds is 4. The van der Waals surface area contributed by atoms with E-state index < -0.39 is 5.92 Å². The summed E-state index contributed by atoms with van der Waals surface area (Å²) in [5.41, 5.74) is 7.93. The second kappa shape index (κ2) is 5.72. The lowest BCUT2D eigenvalue weighted by molar-refractivity contribution is -0.118. The van der Waals surface area contributed by atoms with Crippen LogP contribution in [0.5, 0.6) is 0 Å². The molecule has 17 heavy (non-hydrogen) atoms. The molecule has 3 N–H and O–H groups in total. The highest BCUT2D eigenvalue weighted by atomic mass is 32.1. The van der Waals surface area contributed by atoms with Crippen molar-refractivity contribution in [2.45, 2.75) is 27.2 Å². The Hall–Kier alpha value is -1.49. The molecule has 0 aromatic carbocycles. The van der Waals surface area contributed by atoms with Crippen molar-refractivity contribution < 1.29 is 4.79 Å². The van der Waals surface area contributed by atoms with Crippen LogP contribution in [0.3, 0.4) is 0 Å². The largest absolute Gasteiger partial charge is 0.393 e. The maximum absolute atomic E-state index is 11.9. The Labute approximate surface area is 107 Å². The van der Waals surface area contributed by atoms with Crippen LogP contribution in [-0.2, 0) is 4.79 Å². The van der Waals surface area contributed by atoms with E-state index in [1.807, 2.05) is 32.9 Å². The summed E-state index contributed by atoms with van der Waals surface area (Å²) < 4.78 is 0. The van der Waals surface area contributed by atoms with Gasteiger partial charge in [0.25, 0.3) is 0 Å². The molecule has 0 bridgehead atoms. The lowest BCUT2D eigenvalue weighted by Gasteiger charge is -2.14. The minimum atomic E-state index is -0.425. The van der Waals surface area contributed by atoms with Gasteiger partial charge in [0.15, 0.2) is 0 Å². The number of carbonyl (C=O) groups excluding carboxylic acids is 1. The number of hydrogen-bond donors (Lipinski definition) is 2. The maximum atomic E-state index is 11.9. The molecule has 92 valence electrons. The number of nitrogens with one attached hydrogen (secondary N) is 1. The third-order valence-corrected chi connectivity index (χ3v) is 2.84. The predicted molar refractivity (Wildman–Crippen MR) is 72.9 cm³/mol. The number of hydrogen-bond acceptors (Lipinski definition) is 3. The zero-order valence-corrected chi connectivity index (χ0v) is 11.1. The van der Waals surface area contributed by atoms with E-state index in [1.165, 1.54) is 0 Å². The van der Waals surface area contributed by atoms with E-state index in [1.54, 1.807) is 0 Å². The first-order chi connectivity index (χ1) is 7.95. The van der Waals surface area contributed by atoms with Crippen LogP contribution < -0.4 is 11.1 Å². The van der Waals surface area contributed by atoms with Gasteiger partial charge in [-0.1, -0.05) is 19.1 Å². The Kier molecular flexibility index (Phi) is 4.57. The van der Waals surface area contributed by atoms with Crippen molar-refractivity contribution >= 4 is 28.8 Å². The summed E-state index contributed by atoms with van der Waals surface area (Å²) in [6, 6.07) is 3.69. The number of thiocarbonyl (C=S) groups is 1. The van der Waals surface area contributed by atoms with E-state index >= 15 is 0 Å². The monoisotopic (exact) mass is 251 g/mol. The van der Waals surface area contributed by atoms with Gasteiger partial charge in [0.05, 0.1) is 22.3 Å². The quantitative estimate of drug-likeness (QED) is 0.803. The van der Waals surface area contributed by atoms with E-state index in [0.717, 1.165) is 11.4 Å². The molecule has 0 spiro atoms. The van der Waals surface area contributed by atoms with Crippen molar-refractivity contribution in [2.24, 2.45) is 11.7 Å². The van der Waals surface area contributed by atoms with Gasteiger partial charge in [-0.2, -0.15) is 0 Å². The molecule has 1 aromatic rings. The van der Waals surface area contributed by atoms with Gasteiger partial charge in [-0.05, 0) is 32.4 Å². The van der Waals surface area contributed by atoms with E-state index in [4.69, 9.17) is 18.0 Å². The molecule has 5 heteroatoms. The van der Waals surface area contributed by atoms with Gasteiger partial charge in [0.1, 0.15) is 0 Å². The summed E-state index contributed by atoms with van der Waals surface area (Å²) >= 11 is 4.86. The number of nitrogens with zero attached hydrogens (tertiary/aromatic N) is 1. The van der Waals surface area contributed by atoms with Gasteiger partial charge in [-0.25, -0.2) is 0 Å². The van der Waals surface area contributed by atoms with Gasteiger partial charge in [0.2, 0.25) is 5.91 Å². The van der Waals surface area contributed by atoms with Gasteiger partial charge in [-0.3, -0.25) is 9.78 Å². The molecule has 0 aliphatic rings. The van der Waals surface area contributed by atoms with Crippen molar-refractivity contribution in [3.63, 3.8) is 0 Å². The third kappa shape index (κ3) is 3.49. The Balaban J connectivity index is 2.84. The molecule has 0 saturated heterocycles. The molecular weight excluding hydrogens is 234 g/mol. The zero-order chi connectivity index (χ0) is 13.0. The minimum Gasteiger partial charge on any atom is -0.393 e. The average Bonchev–Trinajstić information content (AvgIpc) is 2.22. The highest BCUT2D eigenvalue weighted by Gasteiger charge is 2.19. The van der Waals surface area contributed by atoms with Gasteiger partial charge >= 0.3 is 0 Å². The lowest BCUT2D eigenvalue weighted by atomic mass is 10.1. The van der Waals surface area contributed by atoms with Crippen LogP contribution in [0.15, 0.2) is 12.1 Å². The first-order valence-corrected chi connectivity index (χ1v) is 5.91. The minimum absolute atomic E-state index is 0.172. The summed E-state index contributed by atoms with van der Waals surface area (Å²) in [6.45, 7) is 5.64. The number of anilines is 1. The third-order valence-electron chi connectivity index (χ3n) is 2.55. The Morgan fingerprint density at radius 2 is 2.18 bits per heavy atom. The van der Waals surface area contributed by atoms with Crippen LogP contribution in [-0.4, -0.2) is 15.9 Å². The fraction of sp³-hybridized carbons (Fsp3) is 0.417. The summed E-state index contributed by atoms with van der Waals surface area (Å²) in [4.78, 5) is 16.4. The topological polar surface area (TPSA) is 68.0 Å². The number of pyridine rings is 1. The number of nitrogens with two attached hydrogens (primary N) is 1. The molecule has 0 saturated carbocycles. The molecule has 0 aliphatic heterocycles. The highest BCUT2D eigenvalue weighted by molar-refractivity contribution is 7.80. The zero-order valence-electron chi connectivity index (χ0n) is 10.3. The van der Waals surface area contributed by atoms with Crippen molar-refractivity contribution in [1.82, 2.24) is 4.98 Å². The standard InChI is InChI=1S/C12H17N3OS/c1-4-9(11(13)17)12(16)15-10-6-5-7(2)14-8(10)3/h5-6,9H,4H2,1-3H3,(H2,13,17)(H,15,16). The smallest absolute Gasteiger partial charge is 0.234 e. The molecule has 0 aliphatic carbocycles. The Morgan fingerprint density at radius 1 is 1.53 bits per heavy atom. The van der Waals surface area contributed by atoms with Gasteiger partial charge < -0.3 is 11.1 Å². The first-order valence-electron chi connectivity index (χ1n) is 5.50. The molecular formula is C12H17N3OS. The molecule has 0 fully saturated rings. The summed E-state index contributed by atoms with van der Waals surface area (Å²) in [7, 11) is 0. The number of carbonyl (C=O) groups is 1. The fourth-order valence-corrected chi connectivity index (χ4v) is 1.83. The number of aromatic nitrogens is 1. The van der Waals surface area contributed by atoms with Gasteiger partial charge in [-0.15, -0.1) is 0 Å². The number of amides is 1. The lowest BCUT2D eigenvalue weighted by Crippen LogP contribution is -2.32. The maximum Gasteiger partial charge on any atom is 0.234 e. The first kappa shape index (κ1) is 13.6. The van der Waals surface area contributed by atoms with Crippen LogP contribution in [0.2, 0.25) is 0 Å². The molecule has 4 nitrogen and oxygen atoms in total. The second-order valence-corrected chi connectivity index (χ2v) is 4.41. The van der Waals surface area contributed by atoms with Crippen molar-refractivity contribution in [1.29, 1.82) is 0 Å². The number of aryl methyl sites for hydroxylation is 2. The summed E-state index contributed by atoms with van der Waals surface area (Å²) in [6.07, 6.45) is 0.597. The van der Waals surface area contributed by atoms with Crippen LogP contribution in [0, 0.1) is 19.8 Å². The Morgan fingerprint density at radius 3 is 2.65 bits per heavy atom. The van der Waals surface area contributed by atoms with E-state index in [-0.39, 0.29) is 10.9 Å². The predicted octanol–water partition coefficient (Wildman–Crippen LogP) is 1.95. The van der Waals surface area contributed by atoms with Gasteiger partial charge in [0, 0.05) is 5.69 Å². The molecule has 1 heterocycles. The average molecular weight is 251 g/mol.